The molecule has 1 heterocycles. The molecule has 0 N–H and O–H groups in total. The third-order valence-corrected chi connectivity index (χ3v) is 4.34. The van der Waals surface area contributed by atoms with Gasteiger partial charge in [0.15, 0.2) is 0 Å². The summed E-state index contributed by atoms with van der Waals surface area (Å²) in [4.78, 5) is 12.3. The van der Waals surface area contributed by atoms with E-state index in [2.05, 4.69) is 39.6 Å². The molecule has 1 aliphatic heterocycles. The third-order valence-electron chi connectivity index (χ3n) is 4.34. The molecule has 1 fully saturated rings. The van der Waals surface area contributed by atoms with Crippen molar-refractivity contribution in [3.05, 3.63) is 0 Å². The molecule has 0 atom stereocenters. The van der Waals surface area contributed by atoms with Gasteiger partial charge in [-0.3, -0.25) is 0 Å². The number of aldehydes is 1. The molecule has 0 bridgehead atoms. The first-order chi connectivity index (χ1) is 9.95. The van der Waals surface area contributed by atoms with E-state index in [-0.39, 0.29) is 0 Å². The Hall–Kier alpha value is -0.370. The highest BCUT2D eigenvalue weighted by Crippen LogP contribution is 2.22. The molecule has 126 valence electrons. The van der Waals surface area contributed by atoms with Gasteiger partial charge in [-0.25, -0.2) is 0 Å². The Morgan fingerprint density at radius 3 is 2.05 bits per heavy atom. The highest BCUT2D eigenvalue weighted by Gasteiger charge is 2.16. The molecule has 0 aromatic rings. The van der Waals surface area contributed by atoms with E-state index in [9.17, 15) is 4.79 Å². The van der Waals surface area contributed by atoms with Gasteiger partial charge in [-0.2, -0.15) is 0 Å². The van der Waals surface area contributed by atoms with Crippen LogP contribution in [0.25, 0.3) is 0 Å². The summed E-state index contributed by atoms with van der Waals surface area (Å²) in [7, 11) is 2.23. The maximum Gasteiger partial charge on any atom is 0.119 e. The van der Waals surface area contributed by atoms with Crippen LogP contribution in [0, 0.1) is 17.8 Å². The van der Waals surface area contributed by atoms with Crippen molar-refractivity contribution >= 4 is 6.29 Å². The Morgan fingerprint density at radius 2 is 1.57 bits per heavy atom. The highest BCUT2D eigenvalue weighted by molar-refractivity contribution is 5.48. The van der Waals surface area contributed by atoms with Crippen LogP contribution in [0.2, 0.25) is 0 Å². The van der Waals surface area contributed by atoms with Gasteiger partial charge in [0, 0.05) is 6.42 Å². The first-order valence-corrected chi connectivity index (χ1v) is 9.07. The van der Waals surface area contributed by atoms with Crippen molar-refractivity contribution in [1.29, 1.82) is 0 Å². The van der Waals surface area contributed by atoms with Crippen molar-refractivity contribution in [3.8, 4) is 0 Å². The quantitative estimate of drug-likeness (QED) is 0.455. The number of hydrogen-bond acceptors (Lipinski definition) is 2. The van der Waals surface area contributed by atoms with Crippen LogP contribution in [0.5, 0.6) is 0 Å². The summed E-state index contributed by atoms with van der Waals surface area (Å²) in [5.74, 6) is 2.71. The smallest absolute Gasteiger partial charge is 0.119 e. The van der Waals surface area contributed by atoms with E-state index in [1.54, 1.807) is 0 Å². The van der Waals surface area contributed by atoms with Crippen LogP contribution in [0.4, 0.5) is 0 Å². The highest BCUT2D eigenvalue weighted by atomic mass is 16.1. The van der Waals surface area contributed by atoms with Crippen LogP contribution < -0.4 is 0 Å². The number of unbranched alkanes of at least 4 members (excludes halogenated alkanes) is 2. The zero-order valence-corrected chi connectivity index (χ0v) is 15.2. The molecule has 1 aliphatic rings. The molecule has 1 rings (SSSR count). The third kappa shape index (κ3) is 14.3. The molecule has 2 heteroatoms. The molecule has 2 nitrogen and oxygen atoms in total. The fourth-order valence-electron chi connectivity index (χ4n) is 2.70. The summed E-state index contributed by atoms with van der Waals surface area (Å²) in [6, 6.07) is 0. The number of hydrogen-bond donors (Lipinski definition) is 0. The molecule has 0 amide bonds. The predicted molar refractivity (Wildman–Crippen MR) is 93.7 cm³/mol. The number of carbonyl (C=O) groups is 1. The Bertz CT molecular complexity index is 230. The summed E-state index contributed by atoms with van der Waals surface area (Å²) in [6.45, 7) is 11.7. The van der Waals surface area contributed by atoms with E-state index in [1.165, 1.54) is 51.6 Å². The molecular weight excluding hydrogens is 258 g/mol. The fraction of sp³-hybridized carbons (Fsp3) is 0.947. The molecule has 0 aliphatic carbocycles. The topological polar surface area (TPSA) is 20.3 Å². The minimum atomic E-state index is 0.743. The molecule has 0 radical (unpaired) electrons. The number of rotatable bonds is 8. The largest absolute Gasteiger partial charge is 0.306 e. The van der Waals surface area contributed by atoms with E-state index in [0.717, 1.165) is 36.9 Å². The molecule has 0 aromatic carbocycles. The zero-order valence-electron chi connectivity index (χ0n) is 15.2. The van der Waals surface area contributed by atoms with E-state index in [0.29, 0.717) is 0 Å². The van der Waals surface area contributed by atoms with E-state index >= 15 is 0 Å². The second-order valence-electron chi connectivity index (χ2n) is 7.56. The lowest BCUT2D eigenvalue weighted by Gasteiger charge is -2.29. The van der Waals surface area contributed by atoms with Gasteiger partial charge in [-0.15, -0.1) is 0 Å². The Labute approximate surface area is 133 Å². The van der Waals surface area contributed by atoms with E-state index in [1.807, 2.05) is 0 Å². The Balaban J connectivity index is 0.000000400. The number of nitrogens with zero attached hydrogens (tertiary/aromatic N) is 1. The van der Waals surface area contributed by atoms with Crippen molar-refractivity contribution in [2.75, 3.05) is 20.1 Å². The zero-order chi connectivity index (χ0) is 16.1. The lowest BCUT2D eigenvalue weighted by molar-refractivity contribution is -0.107. The van der Waals surface area contributed by atoms with Crippen LogP contribution in [-0.2, 0) is 4.79 Å². The Morgan fingerprint density at radius 1 is 1.00 bits per heavy atom. The number of likely N-dealkylation sites (tertiary alicyclic amines) is 1. The van der Waals surface area contributed by atoms with Crippen molar-refractivity contribution in [2.45, 2.75) is 79.1 Å². The Kier molecular flexibility index (Phi) is 13.1. The molecule has 1 saturated heterocycles. The summed E-state index contributed by atoms with van der Waals surface area (Å²) in [5, 5.41) is 0. The maximum absolute atomic E-state index is 9.85. The van der Waals surface area contributed by atoms with E-state index < -0.39 is 0 Å². The average Bonchev–Trinajstić information content (AvgIpc) is 2.43. The van der Waals surface area contributed by atoms with Crippen LogP contribution in [0.3, 0.4) is 0 Å². The number of carbonyl (C=O) groups excluding carboxylic acids is 1. The van der Waals surface area contributed by atoms with Gasteiger partial charge in [-0.05, 0) is 57.2 Å². The normalized spacial score (nSPS) is 16.9. The minimum absolute atomic E-state index is 0.743. The minimum Gasteiger partial charge on any atom is -0.306 e. The summed E-state index contributed by atoms with van der Waals surface area (Å²) in [6.07, 6.45) is 11.0. The van der Waals surface area contributed by atoms with Gasteiger partial charge in [0.2, 0.25) is 0 Å². The van der Waals surface area contributed by atoms with E-state index in [4.69, 9.17) is 0 Å². The fourth-order valence-corrected chi connectivity index (χ4v) is 2.70. The lowest BCUT2D eigenvalue weighted by atomic mass is 9.90. The summed E-state index contributed by atoms with van der Waals surface area (Å²) >= 11 is 0. The van der Waals surface area contributed by atoms with Crippen molar-refractivity contribution < 1.29 is 4.79 Å². The monoisotopic (exact) mass is 297 g/mol. The van der Waals surface area contributed by atoms with Gasteiger partial charge in [0.25, 0.3) is 0 Å². The first-order valence-electron chi connectivity index (χ1n) is 9.07. The number of piperidine rings is 1. The summed E-state index contributed by atoms with van der Waals surface area (Å²) in [5.41, 5.74) is 0. The standard InChI is InChI=1S/C11H23N.C8H16O/c1-10(2)4-5-11-6-8-12(3)9-7-11;1-8(2)6-4-3-5-7-9/h10-11H,4-9H2,1-3H3;7-8H,3-6H2,1-2H3. The van der Waals surface area contributed by atoms with Gasteiger partial charge >= 0.3 is 0 Å². The van der Waals surface area contributed by atoms with Gasteiger partial charge < -0.3 is 9.69 Å². The molecule has 0 spiro atoms. The molecule has 0 saturated carbocycles. The van der Waals surface area contributed by atoms with Crippen molar-refractivity contribution in [3.63, 3.8) is 0 Å². The van der Waals surface area contributed by atoms with Gasteiger partial charge in [0.05, 0.1) is 0 Å². The second kappa shape index (κ2) is 13.3. The van der Waals surface area contributed by atoms with Crippen LogP contribution in [-0.4, -0.2) is 31.3 Å². The van der Waals surface area contributed by atoms with Crippen LogP contribution >= 0.6 is 0 Å². The SMILES string of the molecule is CC(C)CCC1CCN(C)CC1.CC(C)CCCCC=O. The predicted octanol–water partition coefficient (Wildman–Crippen LogP) is 5.17. The van der Waals surface area contributed by atoms with Crippen LogP contribution in [0.1, 0.15) is 79.1 Å². The summed E-state index contributed by atoms with van der Waals surface area (Å²) < 4.78 is 0. The molecule has 0 unspecified atom stereocenters. The maximum atomic E-state index is 9.85. The average molecular weight is 298 g/mol. The van der Waals surface area contributed by atoms with Crippen LogP contribution in [0.15, 0.2) is 0 Å². The van der Waals surface area contributed by atoms with Crippen molar-refractivity contribution in [2.24, 2.45) is 17.8 Å². The lowest BCUT2D eigenvalue weighted by Crippen LogP contribution is -2.30. The first kappa shape index (κ1) is 20.6. The van der Waals surface area contributed by atoms with Crippen molar-refractivity contribution in [1.82, 2.24) is 4.90 Å². The second-order valence-corrected chi connectivity index (χ2v) is 7.56. The molecule has 0 aromatic heterocycles. The molecular formula is C19H39NO. The van der Waals surface area contributed by atoms with Gasteiger partial charge in [-0.1, -0.05) is 53.4 Å². The molecule has 21 heavy (non-hydrogen) atoms. The van der Waals surface area contributed by atoms with Gasteiger partial charge in [0.1, 0.15) is 6.29 Å².